The second-order valence-corrected chi connectivity index (χ2v) is 5.38. The first kappa shape index (κ1) is 18.5. The number of nitrogens with zero attached hydrogens (tertiary/aromatic N) is 2. The van der Waals surface area contributed by atoms with Crippen molar-refractivity contribution in [2.24, 2.45) is 10.7 Å². The van der Waals surface area contributed by atoms with Gasteiger partial charge in [0.05, 0.1) is 24.8 Å². The van der Waals surface area contributed by atoms with Crippen molar-refractivity contribution in [2.45, 2.75) is 6.42 Å². The van der Waals surface area contributed by atoms with Gasteiger partial charge in [0.25, 0.3) is 0 Å². The summed E-state index contributed by atoms with van der Waals surface area (Å²) < 4.78 is 11.7. The first-order chi connectivity index (χ1) is 9.72. The van der Waals surface area contributed by atoms with E-state index in [1.807, 2.05) is 18.2 Å². The Morgan fingerprint density at radius 2 is 2.14 bits per heavy atom. The van der Waals surface area contributed by atoms with Crippen LogP contribution < -0.4 is 10.5 Å². The number of nitrogens with two attached hydrogens (primary N) is 1. The molecule has 118 valence electrons. The molecule has 0 spiro atoms. The number of para-hydroxylation sites is 1. The van der Waals surface area contributed by atoms with Crippen LogP contribution in [0.15, 0.2) is 27.7 Å². The summed E-state index contributed by atoms with van der Waals surface area (Å²) in [5.41, 5.74) is 7.12. The SMILES string of the molecule is COc1c(Br)cccc1CCN=C(N)N1CCOCC1.I. The van der Waals surface area contributed by atoms with E-state index in [0.29, 0.717) is 12.5 Å². The van der Waals surface area contributed by atoms with Gasteiger partial charge >= 0.3 is 0 Å². The van der Waals surface area contributed by atoms with Gasteiger partial charge in [-0.25, -0.2) is 0 Å². The minimum Gasteiger partial charge on any atom is -0.495 e. The number of ether oxygens (including phenoxy) is 2. The van der Waals surface area contributed by atoms with Crippen LogP contribution in [0.2, 0.25) is 0 Å². The largest absolute Gasteiger partial charge is 0.495 e. The van der Waals surface area contributed by atoms with Crippen LogP contribution in [0, 0.1) is 0 Å². The predicted octanol–water partition coefficient (Wildman–Crippen LogP) is 2.27. The normalized spacial score (nSPS) is 15.5. The zero-order chi connectivity index (χ0) is 14.4. The number of rotatable bonds is 4. The molecule has 2 rings (SSSR count). The second kappa shape index (κ2) is 9.47. The van der Waals surface area contributed by atoms with E-state index < -0.39 is 0 Å². The molecule has 0 bridgehead atoms. The van der Waals surface area contributed by atoms with Crippen molar-refractivity contribution in [3.05, 3.63) is 28.2 Å². The Morgan fingerprint density at radius 3 is 2.81 bits per heavy atom. The second-order valence-electron chi connectivity index (χ2n) is 4.52. The number of methoxy groups -OCH3 is 1. The Kier molecular flexibility index (Phi) is 8.35. The lowest BCUT2D eigenvalue weighted by Crippen LogP contribution is -2.44. The minimum atomic E-state index is 0. The summed E-state index contributed by atoms with van der Waals surface area (Å²) in [4.78, 5) is 6.50. The molecule has 0 aromatic heterocycles. The smallest absolute Gasteiger partial charge is 0.191 e. The van der Waals surface area contributed by atoms with Crippen molar-refractivity contribution in [3.8, 4) is 5.75 Å². The lowest BCUT2D eigenvalue weighted by molar-refractivity contribution is 0.0674. The van der Waals surface area contributed by atoms with E-state index in [1.165, 1.54) is 0 Å². The van der Waals surface area contributed by atoms with Gasteiger partial charge in [-0.2, -0.15) is 0 Å². The molecule has 0 amide bonds. The molecule has 2 N–H and O–H groups in total. The molecule has 0 aliphatic carbocycles. The highest BCUT2D eigenvalue weighted by molar-refractivity contribution is 14.0. The molecule has 0 unspecified atom stereocenters. The van der Waals surface area contributed by atoms with Crippen LogP contribution in [-0.2, 0) is 11.2 Å². The third kappa shape index (κ3) is 5.30. The topological polar surface area (TPSA) is 60.1 Å². The third-order valence-electron chi connectivity index (χ3n) is 3.24. The number of morpholine rings is 1. The summed E-state index contributed by atoms with van der Waals surface area (Å²) in [5.74, 6) is 1.47. The molecule has 7 heteroatoms. The van der Waals surface area contributed by atoms with Crippen molar-refractivity contribution in [1.82, 2.24) is 4.90 Å². The van der Waals surface area contributed by atoms with Gasteiger partial charge in [-0.05, 0) is 34.0 Å². The monoisotopic (exact) mass is 469 g/mol. The number of hydrogen-bond donors (Lipinski definition) is 1. The van der Waals surface area contributed by atoms with Gasteiger partial charge in [-0.15, -0.1) is 24.0 Å². The van der Waals surface area contributed by atoms with Crippen molar-refractivity contribution >= 4 is 45.9 Å². The quantitative estimate of drug-likeness (QED) is 0.417. The number of guanidine groups is 1. The Labute approximate surface area is 151 Å². The Bertz CT molecular complexity index is 479. The molecule has 1 aromatic carbocycles. The maximum absolute atomic E-state index is 5.99. The van der Waals surface area contributed by atoms with Crippen molar-refractivity contribution in [3.63, 3.8) is 0 Å². The molecule has 21 heavy (non-hydrogen) atoms. The first-order valence-corrected chi connectivity index (χ1v) is 7.45. The van der Waals surface area contributed by atoms with E-state index in [9.17, 15) is 0 Å². The molecule has 1 heterocycles. The average Bonchev–Trinajstić information content (AvgIpc) is 2.48. The summed E-state index contributed by atoms with van der Waals surface area (Å²) in [6, 6.07) is 6.01. The van der Waals surface area contributed by atoms with Gasteiger partial charge in [0.15, 0.2) is 5.96 Å². The van der Waals surface area contributed by atoms with Crippen LogP contribution >= 0.6 is 39.9 Å². The highest BCUT2D eigenvalue weighted by Crippen LogP contribution is 2.28. The van der Waals surface area contributed by atoms with Crippen LogP contribution in [0.25, 0.3) is 0 Å². The summed E-state index contributed by atoms with van der Waals surface area (Å²) in [7, 11) is 1.68. The van der Waals surface area contributed by atoms with E-state index in [1.54, 1.807) is 7.11 Å². The van der Waals surface area contributed by atoms with Gasteiger partial charge in [0, 0.05) is 19.6 Å². The van der Waals surface area contributed by atoms with Crippen LogP contribution in [0.3, 0.4) is 0 Å². The molecule has 1 fully saturated rings. The first-order valence-electron chi connectivity index (χ1n) is 6.66. The van der Waals surface area contributed by atoms with E-state index in [-0.39, 0.29) is 24.0 Å². The average molecular weight is 470 g/mol. The predicted molar refractivity (Wildman–Crippen MR) is 98.7 cm³/mol. The zero-order valence-corrected chi connectivity index (χ0v) is 16.0. The van der Waals surface area contributed by atoms with Crippen molar-refractivity contribution in [1.29, 1.82) is 0 Å². The zero-order valence-electron chi connectivity index (χ0n) is 12.0. The highest BCUT2D eigenvalue weighted by atomic mass is 127. The van der Waals surface area contributed by atoms with E-state index in [2.05, 4.69) is 25.8 Å². The van der Waals surface area contributed by atoms with Gasteiger partial charge in [-0.1, -0.05) is 12.1 Å². The van der Waals surface area contributed by atoms with Crippen molar-refractivity contribution < 1.29 is 9.47 Å². The Hall–Kier alpha value is -0.540. The fraction of sp³-hybridized carbons (Fsp3) is 0.500. The molecule has 1 saturated heterocycles. The molecular formula is C14H21BrIN3O2. The molecule has 1 aromatic rings. The maximum Gasteiger partial charge on any atom is 0.191 e. The number of halogens is 2. The molecule has 0 radical (unpaired) electrons. The lowest BCUT2D eigenvalue weighted by atomic mass is 10.1. The molecule has 0 saturated carbocycles. The van der Waals surface area contributed by atoms with Gasteiger partial charge in [0.2, 0.25) is 0 Å². The van der Waals surface area contributed by atoms with Gasteiger partial charge < -0.3 is 20.1 Å². The van der Waals surface area contributed by atoms with E-state index >= 15 is 0 Å². The minimum absolute atomic E-state index is 0. The van der Waals surface area contributed by atoms with Crippen LogP contribution in [0.1, 0.15) is 5.56 Å². The number of aliphatic imine (C=N–C) groups is 1. The summed E-state index contributed by atoms with van der Waals surface area (Å²) in [5, 5.41) is 0. The van der Waals surface area contributed by atoms with Gasteiger partial charge in [0.1, 0.15) is 5.75 Å². The van der Waals surface area contributed by atoms with E-state index in [4.69, 9.17) is 15.2 Å². The fourth-order valence-electron chi connectivity index (χ4n) is 2.16. The highest BCUT2D eigenvalue weighted by Gasteiger charge is 2.12. The lowest BCUT2D eigenvalue weighted by Gasteiger charge is -2.27. The molecule has 0 atom stereocenters. The van der Waals surface area contributed by atoms with E-state index in [0.717, 1.165) is 48.5 Å². The number of hydrogen-bond acceptors (Lipinski definition) is 3. The van der Waals surface area contributed by atoms with Crippen LogP contribution in [0.5, 0.6) is 5.75 Å². The fourth-order valence-corrected chi connectivity index (χ4v) is 2.73. The van der Waals surface area contributed by atoms with Gasteiger partial charge in [-0.3, -0.25) is 4.99 Å². The maximum atomic E-state index is 5.99. The summed E-state index contributed by atoms with van der Waals surface area (Å²) in [6.07, 6.45) is 0.799. The van der Waals surface area contributed by atoms with Crippen LogP contribution in [-0.4, -0.2) is 50.8 Å². The van der Waals surface area contributed by atoms with Crippen molar-refractivity contribution in [2.75, 3.05) is 40.0 Å². The summed E-state index contributed by atoms with van der Waals surface area (Å²) in [6.45, 7) is 3.71. The number of benzene rings is 1. The standard InChI is InChI=1S/C14H20BrN3O2.HI/c1-19-13-11(3-2-4-12(13)15)5-6-17-14(16)18-7-9-20-10-8-18;/h2-4H,5-10H2,1H3,(H2,16,17);1H. The molecular weight excluding hydrogens is 449 g/mol. The van der Waals surface area contributed by atoms with Crippen LogP contribution in [0.4, 0.5) is 0 Å². The summed E-state index contributed by atoms with van der Waals surface area (Å²) >= 11 is 3.48. The molecule has 5 nitrogen and oxygen atoms in total. The molecule has 1 aliphatic heterocycles. The Morgan fingerprint density at radius 1 is 1.43 bits per heavy atom. The Balaban J connectivity index is 0.00000220. The molecule has 1 aliphatic rings. The third-order valence-corrected chi connectivity index (χ3v) is 3.87.